The smallest absolute Gasteiger partial charge is 0.232 e. The molecule has 0 spiro atoms. The molecule has 212 valence electrons. The topological polar surface area (TPSA) is 114 Å². The molecule has 1 aliphatic rings. The Morgan fingerprint density at radius 3 is 2.26 bits per heavy atom. The van der Waals surface area contributed by atoms with Gasteiger partial charge in [0.15, 0.2) is 9.84 Å². The molecule has 8 nitrogen and oxygen atoms in total. The molecule has 2 N–H and O–H groups in total. The lowest BCUT2D eigenvalue weighted by Crippen LogP contribution is -2.40. The van der Waals surface area contributed by atoms with Crippen LogP contribution < -0.4 is 10.1 Å². The van der Waals surface area contributed by atoms with Crippen molar-refractivity contribution in [2.75, 3.05) is 32.8 Å². The second-order valence-corrected chi connectivity index (χ2v) is 11.2. The van der Waals surface area contributed by atoms with E-state index in [0.29, 0.717) is 23.7 Å². The summed E-state index contributed by atoms with van der Waals surface area (Å²) in [7, 11) is -0.811. The number of methoxy groups -OCH3 is 2. The van der Waals surface area contributed by atoms with E-state index in [1.807, 2.05) is 13.8 Å². The first-order valence-corrected chi connectivity index (χ1v) is 14.1. The molecule has 0 aliphatic heterocycles. The summed E-state index contributed by atoms with van der Waals surface area (Å²) in [6.07, 6.45) is 5.28. The second-order valence-electron chi connectivity index (χ2n) is 8.64. The highest BCUT2D eigenvalue weighted by Crippen LogP contribution is 2.36. The van der Waals surface area contributed by atoms with Crippen LogP contribution in [0.2, 0.25) is 0 Å². The van der Waals surface area contributed by atoms with E-state index < -0.39 is 26.2 Å². The summed E-state index contributed by atoms with van der Waals surface area (Å²) in [6, 6.07) is 4.31. The highest BCUT2D eigenvalue weighted by atomic mass is 32.2. The highest BCUT2D eigenvalue weighted by Gasteiger charge is 2.38. The van der Waals surface area contributed by atoms with Gasteiger partial charge in [-0.2, -0.15) is 0 Å². The van der Waals surface area contributed by atoms with Crippen molar-refractivity contribution >= 4 is 26.9 Å². The van der Waals surface area contributed by atoms with Crippen molar-refractivity contribution in [2.24, 2.45) is 0 Å². The lowest BCUT2D eigenvalue weighted by Gasteiger charge is -2.25. The Morgan fingerprint density at radius 1 is 1.16 bits per heavy atom. The molecule has 11 heteroatoms. The van der Waals surface area contributed by atoms with Crippen molar-refractivity contribution in [3.05, 3.63) is 53.2 Å². The van der Waals surface area contributed by atoms with Gasteiger partial charge in [-0.1, -0.05) is 20.8 Å². The molecular formula is C27H40F2N4O4S. The minimum atomic E-state index is -3.80. The fourth-order valence-electron chi connectivity index (χ4n) is 3.18. The van der Waals surface area contributed by atoms with Crippen LogP contribution in [0.1, 0.15) is 65.1 Å². The van der Waals surface area contributed by atoms with E-state index >= 15 is 0 Å². The maximum Gasteiger partial charge on any atom is 0.232 e. The molecule has 1 aromatic carbocycles. The Bertz CT molecular complexity index is 1180. The second kappa shape index (κ2) is 15.5. The van der Waals surface area contributed by atoms with Crippen LogP contribution in [0.25, 0.3) is 5.70 Å². The maximum absolute atomic E-state index is 14.5. The summed E-state index contributed by atoms with van der Waals surface area (Å²) >= 11 is 0. The number of nitrogens with one attached hydrogen (secondary N) is 2. The average Bonchev–Trinajstić information content (AvgIpc) is 3.76. The van der Waals surface area contributed by atoms with Gasteiger partial charge in [-0.3, -0.25) is 0 Å². The molecule has 1 saturated carbocycles. The van der Waals surface area contributed by atoms with Crippen molar-refractivity contribution in [3.8, 4) is 5.88 Å². The minimum Gasteiger partial charge on any atom is -0.480 e. The van der Waals surface area contributed by atoms with Gasteiger partial charge in [0.05, 0.1) is 37.6 Å². The summed E-state index contributed by atoms with van der Waals surface area (Å²) < 4.78 is 59.2. The van der Waals surface area contributed by atoms with Crippen LogP contribution in [0.15, 0.2) is 36.2 Å². The monoisotopic (exact) mass is 554 g/mol. The van der Waals surface area contributed by atoms with E-state index in [-0.39, 0.29) is 24.6 Å². The number of hydrogen-bond donors (Lipinski definition) is 2. The van der Waals surface area contributed by atoms with Gasteiger partial charge in [0.25, 0.3) is 0 Å². The van der Waals surface area contributed by atoms with Crippen molar-refractivity contribution in [3.63, 3.8) is 0 Å². The first kappa shape index (κ1) is 33.1. The van der Waals surface area contributed by atoms with Crippen molar-refractivity contribution in [1.82, 2.24) is 9.97 Å². The van der Waals surface area contributed by atoms with E-state index in [9.17, 15) is 17.2 Å². The van der Waals surface area contributed by atoms with Crippen molar-refractivity contribution in [1.29, 1.82) is 5.41 Å². The number of rotatable bonds is 11. The molecule has 1 heterocycles. The number of benzene rings is 1. The van der Waals surface area contributed by atoms with Gasteiger partial charge in [-0.25, -0.2) is 27.2 Å². The zero-order valence-electron chi connectivity index (χ0n) is 23.3. The molecule has 0 bridgehead atoms. The normalized spacial score (nSPS) is 12.4. The van der Waals surface area contributed by atoms with Gasteiger partial charge in [0.1, 0.15) is 22.9 Å². The van der Waals surface area contributed by atoms with Gasteiger partial charge in [0, 0.05) is 24.1 Å². The summed E-state index contributed by atoms with van der Waals surface area (Å²) in [5.74, 6) is -0.686. The molecule has 38 heavy (non-hydrogen) atoms. The number of ether oxygens (including phenoxy) is 2. The predicted molar refractivity (Wildman–Crippen MR) is 149 cm³/mol. The molecule has 0 unspecified atom stereocenters. The Labute approximate surface area is 225 Å². The summed E-state index contributed by atoms with van der Waals surface area (Å²) in [5.41, 5.74) is 3.29. The standard InChI is InChI=1S/C22H27FN4O3S.C3H7FO.C2H6/c1-5-19(24)22(2,3)31(28,29)13-15-10-16(8-9-17(15)23)27-21(14-6-7-14)18-11-26-20(30-4)12-25-18;1-5-3-2-4;1-2/h8-12,24,27H,5-7,13H2,1-4H3;2-3H2,1H3;1-2H3. The highest BCUT2D eigenvalue weighted by molar-refractivity contribution is 7.92. The van der Waals surface area contributed by atoms with Crippen LogP contribution >= 0.6 is 0 Å². The maximum atomic E-state index is 14.5. The third kappa shape index (κ3) is 9.13. The van der Waals surface area contributed by atoms with Crippen molar-refractivity contribution < 1.29 is 26.7 Å². The third-order valence-corrected chi connectivity index (χ3v) is 8.24. The fraction of sp³-hybridized carbons (Fsp3) is 0.519. The van der Waals surface area contributed by atoms with Crippen LogP contribution in [0.4, 0.5) is 14.5 Å². The SMILES string of the molecule is CC.CCC(=N)C(C)(C)S(=O)(=O)Cc1cc(NC(=C2CC2)c2cnc(OC)cn2)ccc1F.COCCF. The molecule has 0 radical (unpaired) electrons. The Morgan fingerprint density at radius 2 is 1.82 bits per heavy atom. The first-order chi connectivity index (χ1) is 18.0. The number of sulfone groups is 1. The Kier molecular flexibility index (Phi) is 13.5. The lowest BCUT2D eigenvalue weighted by molar-refractivity contribution is 0.175. The number of halogens is 2. The number of alkyl halides is 1. The lowest BCUT2D eigenvalue weighted by atomic mass is 10.1. The molecule has 3 rings (SSSR count). The van der Waals surface area contributed by atoms with Crippen LogP contribution in [-0.4, -0.2) is 56.3 Å². The molecule has 1 aliphatic carbocycles. The minimum absolute atomic E-state index is 0.0583. The first-order valence-electron chi connectivity index (χ1n) is 12.5. The molecule has 0 atom stereocenters. The number of aromatic nitrogens is 2. The zero-order valence-corrected chi connectivity index (χ0v) is 24.1. The number of anilines is 1. The van der Waals surface area contributed by atoms with E-state index in [1.54, 1.807) is 19.2 Å². The van der Waals surface area contributed by atoms with Crippen LogP contribution in [0, 0.1) is 11.2 Å². The summed E-state index contributed by atoms with van der Waals surface area (Å²) in [5, 5.41) is 11.3. The van der Waals surface area contributed by atoms with Gasteiger partial charge in [0.2, 0.25) is 5.88 Å². The van der Waals surface area contributed by atoms with Gasteiger partial charge < -0.3 is 20.2 Å². The zero-order chi connectivity index (χ0) is 28.9. The molecular weight excluding hydrogens is 514 g/mol. The Balaban J connectivity index is 0.000000924. The molecule has 0 saturated heterocycles. The largest absolute Gasteiger partial charge is 0.480 e. The average molecular weight is 555 g/mol. The van der Waals surface area contributed by atoms with E-state index in [1.165, 1.54) is 46.4 Å². The Hall–Kier alpha value is -2.92. The number of allylic oxidation sites excluding steroid dienone is 1. The summed E-state index contributed by atoms with van der Waals surface area (Å²) in [4.78, 5) is 8.55. The predicted octanol–water partition coefficient (Wildman–Crippen LogP) is 5.99. The molecule has 2 aromatic rings. The van der Waals surface area contributed by atoms with Crippen LogP contribution in [-0.2, 0) is 20.3 Å². The van der Waals surface area contributed by atoms with Crippen molar-refractivity contribution in [2.45, 2.75) is 64.4 Å². The van der Waals surface area contributed by atoms with E-state index in [0.717, 1.165) is 24.1 Å². The van der Waals surface area contributed by atoms with Crippen LogP contribution in [0.3, 0.4) is 0 Å². The van der Waals surface area contributed by atoms with E-state index in [4.69, 9.17) is 10.1 Å². The number of hydrogen-bond acceptors (Lipinski definition) is 8. The fourth-order valence-corrected chi connectivity index (χ4v) is 4.69. The molecule has 1 aromatic heterocycles. The van der Waals surface area contributed by atoms with Crippen LogP contribution in [0.5, 0.6) is 5.88 Å². The quantitative estimate of drug-likeness (QED) is 0.328. The van der Waals surface area contributed by atoms with Gasteiger partial charge in [-0.15, -0.1) is 0 Å². The third-order valence-electron chi connectivity index (χ3n) is 5.75. The van der Waals surface area contributed by atoms with Gasteiger partial charge >= 0.3 is 0 Å². The molecule has 0 amide bonds. The van der Waals surface area contributed by atoms with E-state index in [2.05, 4.69) is 20.0 Å². The summed E-state index contributed by atoms with van der Waals surface area (Å²) in [6.45, 7) is 8.56. The number of nitrogens with zero attached hydrogens (tertiary/aromatic N) is 2. The molecule has 1 fully saturated rings. The van der Waals surface area contributed by atoms with Gasteiger partial charge in [-0.05, 0) is 56.9 Å².